The fraction of sp³-hybridized carbons (Fsp3) is 0.167. The van der Waals surface area contributed by atoms with Crippen LogP contribution < -0.4 is 15.0 Å². The van der Waals surface area contributed by atoms with E-state index in [0.29, 0.717) is 56.4 Å². The number of benzene rings is 2. The van der Waals surface area contributed by atoms with E-state index in [1.54, 1.807) is 49.3 Å². The first-order chi connectivity index (χ1) is 16.7. The Bertz CT molecular complexity index is 1490. The number of methoxy groups -OCH3 is 2. The average Bonchev–Trinajstić information content (AvgIpc) is 3.56. The molecule has 0 unspecified atom stereocenters. The topological polar surface area (TPSA) is 105 Å². The molecule has 0 saturated heterocycles. The van der Waals surface area contributed by atoms with E-state index in [2.05, 4.69) is 10.2 Å². The van der Waals surface area contributed by atoms with E-state index >= 15 is 0 Å². The highest BCUT2D eigenvalue weighted by molar-refractivity contribution is 7.98. The molecule has 0 amide bonds. The van der Waals surface area contributed by atoms with Crippen molar-refractivity contribution in [2.24, 2.45) is 0 Å². The molecule has 0 atom stereocenters. The van der Waals surface area contributed by atoms with Gasteiger partial charge in [-0.25, -0.2) is 4.98 Å². The normalized spacial score (nSPS) is 11.1. The quantitative estimate of drug-likeness (QED) is 0.238. The lowest BCUT2D eigenvalue weighted by Crippen LogP contribution is -2.23. The number of nitrogens with zero attached hydrogens (tertiary/aromatic N) is 4. The van der Waals surface area contributed by atoms with Gasteiger partial charge in [0.15, 0.2) is 16.7 Å². The van der Waals surface area contributed by atoms with Gasteiger partial charge in [-0.1, -0.05) is 23.9 Å². The van der Waals surface area contributed by atoms with Crippen LogP contribution in [0.2, 0.25) is 0 Å². The van der Waals surface area contributed by atoms with Crippen LogP contribution in [0.3, 0.4) is 0 Å². The zero-order chi connectivity index (χ0) is 23.5. The lowest BCUT2D eigenvalue weighted by molar-refractivity contribution is 0.355. The van der Waals surface area contributed by atoms with Crippen LogP contribution in [0, 0.1) is 0 Å². The molecule has 9 nitrogen and oxygen atoms in total. The average molecular weight is 477 g/mol. The van der Waals surface area contributed by atoms with Crippen LogP contribution in [-0.2, 0) is 12.3 Å². The van der Waals surface area contributed by atoms with E-state index in [1.165, 1.54) is 11.8 Å². The van der Waals surface area contributed by atoms with Gasteiger partial charge >= 0.3 is 0 Å². The second-order valence-electron chi connectivity index (χ2n) is 7.24. The molecule has 34 heavy (non-hydrogen) atoms. The van der Waals surface area contributed by atoms with Crippen molar-refractivity contribution < 1.29 is 18.3 Å². The molecular formula is C24H20N4O5S. The van der Waals surface area contributed by atoms with Crippen molar-refractivity contribution in [3.05, 3.63) is 82.9 Å². The van der Waals surface area contributed by atoms with Crippen LogP contribution in [0.4, 0.5) is 0 Å². The Balaban J connectivity index is 1.42. The standard InChI is InChI=1S/C24H20N4O5S/c1-30-19-10-9-15(12-20(19)31-2)22-27-26-21(33-22)14-34-24-25-18-8-4-3-7-17(18)23(29)28(24)13-16-6-5-11-32-16/h3-12H,13-14H2,1-2H3. The van der Waals surface area contributed by atoms with Gasteiger partial charge in [-0.2, -0.15) is 0 Å². The van der Waals surface area contributed by atoms with Crippen LogP contribution in [-0.4, -0.2) is 34.0 Å². The predicted octanol–water partition coefficient (Wildman–Crippen LogP) is 4.40. The predicted molar refractivity (Wildman–Crippen MR) is 126 cm³/mol. The highest BCUT2D eigenvalue weighted by Gasteiger charge is 2.16. The molecule has 5 rings (SSSR count). The smallest absolute Gasteiger partial charge is 0.262 e. The van der Waals surface area contributed by atoms with Gasteiger partial charge in [-0.05, 0) is 42.5 Å². The number of thioether (sulfide) groups is 1. The number of furan rings is 1. The van der Waals surface area contributed by atoms with Gasteiger partial charge in [0.25, 0.3) is 5.56 Å². The Morgan fingerprint density at radius 1 is 1.00 bits per heavy atom. The van der Waals surface area contributed by atoms with E-state index in [-0.39, 0.29) is 12.1 Å². The van der Waals surface area contributed by atoms with E-state index in [9.17, 15) is 4.79 Å². The molecule has 0 bridgehead atoms. The lowest BCUT2D eigenvalue weighted by atomic mass is 10.2. The van der Waals surface area contributed by atoms with Gasteiger partial charge in [0.1, 0.15) is 5.76 Å². The number of hydrogen-bond acceptors (Lipinski definition) is 9. The van der Waals surface area contributed by atoms with Crippen LogP contribution in [0.1, 0.15) is 11.7 Å². The van der Waals surface area contributed by atoms with Gasteiger partial charge < -0.3 is 18.3 Å². The highest BCUT2D eigenvalue weighted by Crippen LogP contribution is 2.32. The van der Waals surface area contributed by atoms with Crippen molar-refractivity contribution in [3.8, 4) is 23.0 Å². The second-order valence-corrected chi connectivity index (χ2v) is 8.18. The van der Waals surface area contributed by atoms with Crippen molar-refractivity contribution in [1.82, 2.24) is 19.7 Å². The van der Waals surface area contributed by atoms with E-state index in [0.717, 1.165) is 0 Å². The second kappa shape index (κ2) is 9.44. The van der Waals surface area contributed by atoms with Crippen molar-refractivity contribution in [2.45, 2.75) is 17.5 Å². The Morgan fingerprint density at radius 3 is 2.65 bits per heavy atom. The fourth-order valence-corrected chi connectivity index (χ4v) is 4.32. The maximum absolute atomic E-state index is 13.2. The number of hydrogen-bond donors (Lipinski definition) is 0. The maximum atomic E-state index is 13.2. The molecule has 0 radical (unpaired) electrons. The monoisotopic (exact) mass is 476 g/mol. The summed E-state index contributed by atoms with van der Waals surface area (Å²) in [6.07, 6.45) is 1.58. The molecule has 172 valence electrons. The molecular weight excluding hydrogens is 456 g/mol. The summed E-state index contributed by atoms with van der Waals surface area (Å²) >= 11 is 1.34. The Hall–Kier alpha value is -4.05. The van der Waals surface area contributed by atoms with Crippen molar-refractivity contribution in [1.29, 1.82) is 0 Å². The highest BCUT2D eigenvalue weighted by atomic mass is 32.2. The molecule has 0 aliphatic rings. The largest absolute Gasteiger partial charge is 0.493 e. The molecule has 10 heteroatoms. The molecule has 0 aliphatic heterocycles. The van der Waals surface area contributed by atoms with Gasteiger partial charge in [0, 0.05) is 5.56 Å². The summed E-state index contributed by atoms with van der Waals surface area (Å²) < 4.78 is 23.5. The number of fused-ring (bicyclic) bond motifs is 1. The number of rotatable bonds is 8. The van der Waals surface area contributed by atoms with Gasteiger partial charge in [-0.3, -0.25) is 9.36 Å². The summed E-state index contributed by atoms with van der Waals surface area (Å²) in [6, 6.07) is 16.2. The third kappa shape index (κ3) is 4.27. The molecule has 0 N–H and O–H groups in total. The minimum absolute atomic E-state index is 0.138. The molecule has 0 spiro atoms. The number of para-hydroxylation sites is 1. The van der Waals surface area contributed by atoms with Crippen molar-refractivity contribution >= 4 is 22.7 Å². The first-order valence-electron chi connectivity index (χ1n) is 10.4. The third-order valence-corrected chi connectivity index (χ3v) is 6.10. The van der Waals surface area contributed by atoms with Crippen molar-refractivity contribution in [3.63, 3.8) is 0 Å². The SMILES string of the molecule is COc1ccc(-c2nnc(CSc3nc4ccccc4c(=O)n3Cc3ccco3)o2)cc1OC. The van der Waals surface area contributed by atoms with Crippen LogP contribution in [0.25, 0.3) is 22.4 Å². The summed E-state index contributed by atoms with van der Waals surface area (Å²) in [7, 11) is 3.14. The van der Waals surface area contributed by atoms with Gasteiger partial charge in [0.2, 0.25) is 11.8 Å². The summed E-state index contributed by atoms with van der Waals surface area (Å²) in [5.74, 6) is 2.94. The van der Waals surface area contributed by atoms with E-state index in [4.69, 9.17) is 23.3 Å². The van der Waals surface area contributed by atoms with E-state index < -0.39 is 0 Å². The summed E-state index contributed by atoms with van der Waals surface area (Å²) in [5.41, 5.74) is 1.20. The maximum Gasteiger partial charge on any atom is 0.262 e. The Morgan fingerprint density at radius 2 is 1.85 bits per heavy atom. The molecule has 3 heterocycles. The van der Waals surface area contributed by atoms with Crippen molar-refractivity contribution in [2.75, 3.05) is 14.2 Å². The Labute approximate surface area is 198 Å². The number of ether oxygens (including phenoxy) is 2. The van der Waals surface area contributed by atoms with E-state index in [1.807, 2.05) is 30.3 Å². The Kier molecular flexibility index (Phi) is 6.05. The lowest BCUT2D eigenvalue weighted by Gasteiger charge is -2.11. The zero-order valence-corrected chi connectivity index (χ0v) is 19.2. The van der Waals surface area contributed by atoms with Gasteiger partial charge in [0.05, 0.1) is 43.7 Å². The van der Waals surface area contributed by atoms with Crippen LogP contribution in [0.5, 0.6) is 11.5 Å². The number of aromatic nitrogens is 4. The first kappa shape index (κ1) is 21.8. The third-order valence-electron chi connectivity index (χ3n) is 5.14. The molecule has 0 saturated carbocycles. The minimum Gasteiger partial charge on any atom is -0.493 e. The summed E-state index contributed by atoms with van der Waals surface area (Å²) in [5, 5.41) is 9.38. The molecule has 3 aromatic heterocycles. The van der Waals surface area contributed by atoms with Crippen LogP contribution in [0.15, 0.2) is 79.6 Å². The van der Waals surface area contributed by atoms with Gasteiger partial charge in [-0.15, -0.1) is 10.2 Å². The summed E-state index contributed by atoms with van der Waals surface area (Å²) in [6.45, 7) is 0.271. The fourth-order valence-electron chi connectivity index (χ4n) is 3.48. The summed E-state index contributed by atoms with van der Waals surface area (Å²) in [4.78, 5) is 17.9. The molecule has 0 fully saturated rings. The molecule has 5 aromatic rings. The minimum atomic E-state index is -0.138. The van der Waals surface area contributed by atoms with Crippen LogP contribution >= 0.6 is 11.8 Å². The molecule has 2 aromatic carbocycles. The zero-order valence-electron chi connectivity index (χ0n) is 18.4. The molecule has 0 aliphatic carbocycles. The first-order valence-corrected chi connectivity index (χ1v) is 11.3.